The molecule has 1 heterocycles. The highest BCUT2D eigenvalue weighted by atomic mass is 16.5. The molecule has 0 aromatic rings. The zero-order chi connectivity index (χ0) is 10.7. The van der Waals surface area contributed by atoms with Crippen LogP contribution in [0.15, 0.2) is 0 Å². The van der Waals surface area contributed by atoms with E-state index in [0.29, 0.717) is 6.04 Å². The molecule has 0 radical (unpaired) electrons. The zero-order valence-electron chi connectivity index (χ0n) is 9.08. The van der Waals surface area contributed by atoms with E-state index in [1.165, 1.54) is 0 Å². The Morgan fingerprint density at radius 2 is 1.93 bits per heavy atom. The fourth-order valence-corrected chi connectivity index (χ4v) is 2.46. The summed E-state index contributed by atoms with van der Waals surface area (Å²) < 4.78 is 5.25. The molecule has 1 amide bonds. The maximum Gasteiger partial charge on any atom is 0.224 e. The zero-order valence-corrected chi connectivity index (χ0v) is 9.08. The van der Waals surface area contributed by atoms with Crippen LogP contribution in [0.3, 0.4) is 0 Å². The van der Waals surface area contributed by atoms with Gasteiger partial charge in [-0.3, -0.25) is 4.79 Å². The summed E-state index contributed by atoms with van der Waals surface area (Å²) >= 11 is 0. The first-order valence-corrected chi connectivity index (χ1v) is 5.91. The molecule has 0 bridgehead atoms. The van der Waals surface area contributed by atoms with Crippen LogP contribution in [0.2, 0.25) is 0 Å². The van der Waals surface area contributed by atoms with Gasteiger partial charge >= 0.3 is 0 Å². The Bertz CT molecular complexity index is 227. The minimum absolute atomic E-state index is 0.0489. The summed E-state index contributed by atoms with van der Waals surface area (Å²) in [5.41, 5.74) is 5.90. The fraction of sp³-hybridized carbons (Fsp3) is 0.909. The predicted molar refractivity (Wildman–Crippen MR) is 57.3 cm³/mol. The SMILES string of the molecule is NC1CCCC1C(=O)NC1CCOCC1. The van der Waals surface area contributed by atoms with Gasteiger partial charge in [-0.05, 0) is 25.7 Å². The predicted octanol–water partition coefficient (Wildman–Crippen LogP) is 0.409. The quantitative estimate of drug-likeness (QED) is 0.696. The summed E-state index contributed by atoms with van der Waals surface area (Å²) in [4.78, 5) is 11.9. The second kappa shape index (κ2) is 4.94. The van der Waals surface area contributed by atoms with Crippen LogP contribution in [-0.4, -0.2) is 31.2 Å². The van der Waals surface area contributed by atoms with Crippen molar-refractivity contribution >= 4 is 5.91 Å². The van der Waals surface area contributed by atoms with E-state index in [2.05, 4.69) is 5.32 Å². The lowest BCUT2D eigenvalue weighted by Gasteiger charge is -2.25. The van der Waals surface area contributed by atoms with Crippen molar-refractivity contribution in [1.82, 2.24) is 5.32 Å². The molecule has 4 heteroatoms. The van der Waals surface area contributed by atoms with Gasteiger partial charge in [0, 0.05) is 25.3 Å². The molecule has 1 saturated carbocycles. The number of nitrogens with one attached hydrogen (secondary N) is 1. The van der Waals surface area contributed by atoms with Crippen LogP contribution < -0.4 is 11.1 Å². The van der Waals surface area contributed by atoms with E-state index in [1.54, 1.807) is 0 Å². The molecule has 3 N–H and O–H groups in total. The smallest absolute Gasteiger partial charge is 0.224 e. The molecule has 1 aliphatic carbocycles. The minimum Gasteiger partial charge on any atom is -0.381 e. The van der Waals surface area contributed by atoms with Crippen molar-refractivity contribution < 1.29 is 9.53 Å². The Morgan fingerprint density at radius 3 is 2.53 bits per heavy atom. The largest absolute Gasteiger partial charge is 0.381 e. The van der Waals surface area contributed by atoms with Crippen molar-refractivity contribution in [1.29, 1.82) is 0 Å². The number of carbonyl (C=O) groups excluding carboxylic acids is 1. The molecule has 2 unspecified atom stereocenters. The van der Waals surface area contributed by atoms with Gasteiger partial charge in [0.05, 0.1) is 5.92 Å². The topological polar surface area (TPSA) is 64.4 Å². The molecule has 0 aromatic carbocycles. The lowest BCUT2D eigenvalue weighted by molar-refractivity contribution is -0.126. The summed E-state index contributed by atoms with van der Waals surface area (Å²) in [6, 6.07) is 0.379. The van der Waals surface area contributed by atoms with Gasteiger partial charge in [-0.15, -0.1) is 0 Å². The van der Waals surface area contributed by atoms with Crippen LogP contribution >= 0.6 is 0 Å². The second-order valence-corrected chi connectivity index (χ2v) is 4.60. The number of carbonyl (C=O) groups is 1. The standard InChI is InChI=1S/C11H20N2O2/c12-10-3-1-2-9(10)11(14)13-8-4-6-15-7-5-8/h8-10H,1-7,12H2,(H,13,14). The molecule has 1 saturated heterocycles. The molecule has 0 spiro atoms. The maximum absolute atomic E-state index is 11.9. The van der Waals surface area contributed by atoms with E-state index in [4.69, 9.17) is 10.5 Å². The third kappa shape index (κ3) is 2.69. The first-order chi connectivity index (χ1) is 7.27. The number of rotatable bonds is 2. The minimum atomic E-state index is 0.0489. The highest BCUT2D eigenvalue weighted by Crippen LogP contribution is 2.24. The number of ether oxygens (including phenoxy) is 1. The van der Waals surface area contributed by atoms with E-state index in [1.807, 2.05) is 0 Å². The van der Waals surface area contributed by atoms with E-state index in [0.717, 1.165) is 45.3 Å². The van der Waals surface area contributed by atoms with Crippen LogP contribution in [0.25, 0.3) is 0 Å². The van der Waals surface area contributed by atoms with Gasteiger partial charge in [0.25, 0.3) is 0 Å². The summed E-state index contributed by atoms with van der Waals surface area (Å²) in [6.45, 7) is 1.53. The Hall–Kier alpha value is -0.610. The first kappa shape index (κ1) is 10.9. The summed E-state index contributed by atoms with van der Waals surface area (Å²) in [5, 5.41) is 3.09. The van der Waals surface area contributed by atoms with Gasteiger partial charge in [-0.2, -0.15) is 0 Å². The molecular formula is C11H20N2O2. The van der Waals surface area contributed by atoms with Crippen LogP contribution in [0.4, 0.5) is 0 Å². The molecule has 2 fully saturated rings. The third-order valence-corrected chi connectivity index (χ3v) is 3.47. The molecule has 86 valence electrons. The van der Waals surface area contributed by atoms with Gasteiger partial charge in [-0.25, -0.2) is 0 Å². The Balaban J connectivity index is 1.80. The van der Waals surface area contributed by atoms with Gasteiger partial charge in [0.15, 0.2) is 0 Å². The third-order valence-electron chi connectivity index (χ3n) is 3.47. The summed E-state index contributed by atoms with van der Waals surface area (Å²) in [5.74, 6) is 0.208. The highest BCUT2D eigenvalue weighted by molar-refractivity contribution is 5.80. The van der Waals surface area contributed by atoms with Gasteiger partial charge in [-0.1, -0.05) is 6.42 Å². The lowest BCUT2D eigenvalue weighted by Crippen LogP contribution is -2.45. The van der Waals surface area contributed by atoms with Crippen molar-refractivity contribution in [3.63, 3.8) is 0 Å². The van der Waals surface area contributed by atoms with Crippen molar-refractivity contribution in [2.45, 2.75) is 44.2 Å². The van der Waals surface area contributed by atoms with Gasteiger partial charge in [0.1, 0.15) is 0 Å². The number of hydrogen-bond acceptors (Lipinski definition) is 3. The normalized spacial score (nSPS) is 32.9. The molecule has 2 aliphatic rings. The molecular weight excluding hydrogens is 192 g/mol. The van der Waals surface area contributed by atoms with E-state index < -0.39 is 0 Å². The fourth-order valence-electron chi connectivity index (χ4n) is 2.46. The molecule has 4 nitrogen and oxygen atoms in total. The molecule has 1 aliphatic heterocycles. The molecule has 2 atom stereocenters. The Kier molecular flexibility index (Phi) is 3.59. The summed E-state index contributed by atoms with van der Waals surface area (Å²) in [6.07, 6.45) is 4.91. The van der Waals surface area contributed by atoms with E-state index in [9.17, 15) is 4.79 Å². The van der Waals surface area contributed by atoms with Crippen molar-refractivity contribution in [3.05, 3.63) is 0 Å². The average Bonchev–Trinajstić information content (AvgIpc) is 2.66. The van der Waals surface area contributed by atoms with Crippen molar-refractivity contribution in [2.75, 3.05) is 13.2 Å². The van der Waals surface area contributed by atoms with Crippen LogP contribution in [-0.2, 0) is 9.53 Å². The molecule has 0 aromatic heterocycles. The lowest BCUT2D eigenvalue weighted by atomic mass is 10.0. The monoisotopic (exact) mass is 212 g/mol. The van der Waals surface area contributed by atoms with E-state index >= 15 is 0 Å². The van der Waals surface area contributed by atoms with Crippen LogP contribution in [0.1, 0.15) is 32.1 Å². The summed E-state index contributed by atoms with van der Waals surface area (Å²) in [7, 11) is 0. The van der Waals surface area contributed by atoms with Gasteiger partial charge < -0.3 is 15.8 Å². The number of hydrogen-bond donors (Lipinski definition) is 2. The average molecular weight is 212 g/mol. The number of nitrogens with two attached hydrogens (primary N) is 1. The number of amides is 1. The van der Waals surface area contributed by atoms with Gasteiger partial charge in [0.2, 0.25) is 5.91 Å². The first-order valence-electron chi connectivity index (χ1n) is 5.91. The second-order valence-electron chi connectivity index (χ2n) is 4.60. The van der Waals surface area contributed by atoms with Crippen LogP contribution in [0.5, 0.6) is 0 Å². The van der Waals surface area contributed by atoms with Crippen molar-refractivity contribution in [3.8, 4) is 0 Å². The molecule has 2 rings (SSSR count). The maximum atomic E-state index is 11.9. The highest BCUT2D eigenvalue weighted by Gasteiger charge is 2.31. The van der Waals surface area contributed by atoms with Crippen molar-refractivity contribution in [2.24, 2.45) is 11.7 Å². The van der Waals surface area contributed by atoms with Crippen LogP contribution in [0, 0.1) is 5.92 Å². The Labute approximate surface area is 90.5 Å². The van der Waals surface area contributed by atoms with E-state index in [-0.39, 0.29) is 17.9 Å². The Morgan fingerprint density at radius 1 is 1.20 bits per heavy atom. The molecule has 15 heavy (non-hydrogen) atoms.